The summed E-state index contributed by atoms with van der Waals surface area (Å²) in [6.07, 6.45) is 0. The molecule has 0 amide bonds. The summed E-state index contributed by atoms with van der Waals surface area (Å²) in [4.78, 5) is 19.7. The van der Waals surface area contributed by atoms with Gasteiger partial charge in [0.1, 0.15) is 4.83 Å². The van der Waals surface area contributed by atoms with Crippen molar-refractivity contribution in [1.29, 1.82) is 0 Å². The lowest BCUT2D eigenvalue weighted by Crippen LogP contribution is -2.21. The zero-order valence-electron chi connectivity index (χ0n) is 13.8. The second kappa shape index (κ2) is 7.45. The molecule has 1 N–H and O–H groups in total. The summed E-state index contributed by atoms with van der Waals surface area (Å²) in [5.74, 6) is 0.488. The van der Waals surface area contributed by atoms with Crippen molar-refractivity contribution in [2.24, 2.45) is 0 Å². The number of benzene rings is 2. The Balaban J connectivity index is 1.94. The van der Waals surface area contributed by atoms with Crippen LogP contribution in [0.5, 0.6) is 0 Å². The maximum Gasteiger partial charge on any atom is 0.267 e. The number of thiophene rings is 1. The fraction of sp³-hybridized carbons (Fsp3) is 0.100. The molecule has 0 bridgehead atoms. The van der Waals surface area contributed by atoms with Crippen LogP contribution in [0.25, 0.3) is 26.3 Å². The van der Waals surface area contributed by atoms with Gasteiger partial charge in [-0.15, -0.1) is 11.3 Å². The van der Waals surface area contributed by atoms with E-state index in [-0.39, 0.29) is 12.2 Å². The fourth-order valence-electron chi connectivity index (χ4n) is 2.75. The molecule has 130 valence electrons. The second-order valence-corrected chi connectivity index (χ2v) is 7.73. The average molecular weight is 380 g/mol. The number of rotatable bonds is 5. The van der Waals surface area contributed by atoms with E-state index in [0.29, 0.717) is 16.3 Å². The molecule has 0 aliphatic rings. The molecule has 0 radical (unpaired) electrons. The fourth-order valence-corrected chi connectivity index (χ4v) is 4.58. The number of hydrogen-bond acceptors (Lipinski definition) is 5. The van der Waals surface area contributed by atoms with Crippen LogP contribution in [0, 0.1) is 0 Å². The average Bonchev–Trinajstić information content (AvgIpc) is 3.12. The van der Waals surface area contributed by atoms with Crippen LogP contribution < -0.4 is 5.56 Å². The summed E-state index contributed by atoms with van der Waals surface area (Å²) in [5.41, 5.74) is 1.77. The van der Waals surface area contributed by atoms with Crippen molar-refractivity contribution in [1.82, 2.24) is 9.55 Å². The number of thioether (sulfide) groups is 1. The largest absolute Gasteiger partial charge is 0.396 e. The number of nitrogens with zero attached hydrogens (tertiary/aromatic N) is 2. The third kappa shape index (κ3) is 3.19. The van der Waals surface area contributed by atoms with Crippen LogP contribution in [0.4, 0.5) is 0 Å². The van der Waals surface area contributed by atoms with E-state index in [1.807, 2.05) is 66.7 Å². The van der Waals surface area contributed by atoms with E-state index in [1.54, 1.807) is 4.57 Å². The van der Waals surface area contributed by atoms with Crippen molar-refractivity contribution in [3.8, 4) is 16.1 Å². The Hall–Kier alpha value is -2.41. The Morgan fingerprint density at radius 1 is 1.04 bits per heavy atom. The predicted octanol–water partition coefficient (Wildman–Crippen LogP) is 4.20. The van der Waals surface area contributed by atoms with Crippen LogP contribution in [-0.4, -0.2) is 27.0 Å². The van der Waals surface area contributed by atoms with Crippen molar-refractivity contribution in [3.05, 3.63) is 77.1 Å². The molecule has 4 nitrogen and oxygen atoms in total. The highest BCUT2D eigenvalue weighted by atomic mass is 32.2. The van der Waals surface area contributed by atoms with Gasteiger partial charge in [0.05, 0.1) is 17.7 Å². The zero-order chi connectivity index (χ0) is 17.9. The van der Waals surface area contributed by atoms with Gasteiger partial charge in [0.2, 0.25) is 0 Å². The molecule has 0 atom stereocenters. The standard InChI is InChI=1S/C20H16N2O2S2/c23-11-12-25-20-21-18-16(13-17(26-18)14-7-3-1-4-8-14)19(24)22(20)15-9-5-2-6-10-15/h1-10,13,23H,11-12H2. The Labute approximate surface area is 158 Å². The van der Waals surface area contributed by atoms with Crippen LogP contribution in [-0.2, 0) is 0 Å². The maximum atomic E-state index is 13.2. The monoisotopic (exact) mass is 380 g/mol. The summed E-state index contributed by atoms with van der Waals surface area (Å²) >= 11 is 2.90. The second-order valence-electron chi connectivity index (χ2n) is 5.64. The molecular formula is C20H16N2O2S2. The highest BCUT2D eigenvalue weighted by Gasteiger charge is 2.16. The van der Waals surface area contributed by atoms with Gasteiger partial charge in [0.25, 0.3) is 5.56 Å². The molecule has 26 heavy (non-hydrogen) atoms. The van der Waals surface area contributed by atoms with Gasteiger partial charge in [0, 0.05) is 10.6 Å². The van der Waals surface area contributed by atoms with E-state index in [1.165, 1.54) is 23.1 Å². The molecule has 4 rings (SSSR count). The first kappa shape index (κ1) is 17.0. The van der Waals surface area contributed by atoms with Crippen LogP contribution >= 0.6 is 23.1 Å². The molecule has 0 spiro atoms. The van der Waals surface area contributed by atoms with E-state index < -0.39 is 0 Å². The van der Waals surface area contributed by atoms with Crippen molar-refractivity contribution in [2.75, 3.05) is 12.4 Å². The molecule has 0 fully saturated rings. The highest BCUT2D eigenvalue weighted by Crippen LogP contribution is 2.32. The molecule has 0 aliphatic carbocycles. The molecule has 0 aliphatic heterocycles. The number of aliphatic hydroxyl groups excluding tert-OH is 1. The van der Waals surface area contributed by atoms with Crippen LogP contribution in [0.3, 0.4) is 0 Å². The van der Waals surface area contributed by atoms with Crippen molar-refractivity contribution < 1.29 is 5.11 Å². The number of para-hydroxylation sites is 1. The lowest BCUT2D eigenvalue weighted by Gasteiger charge is -2.11. The Morgan fingerprint density at radius 2 is 1.73 bits per heavy atom. The van der Waals surface area contributed by atoms with E-state index in [2.05, 4.69) is 0 Å². The lowest BCUT2D eigenvalue weighted by atomic mass is 10.2. The minimum atomic E-state index is -0.0833. The number of hydrogen-bond donors (Lipinski definition) is 1. The highest BCUT2D eigenvalue weighted by molar-refractivity contribution is 7.99. The van der Waals surface area contributed by atoms with Crippen LogP contribution in [0.2, 0.25) is 0 Å². The third-order valence-corrected chi connectivity index (χ3v) is 5.93. The molecule has 0 saturated carbocycles. The number of fused-ring (bicyclic) bond motifs is 1. The van der Waals surface area contributed by atoms with Crippen molar-refractivity contribution in [2.45, 2.75) is 5.16 Å². The molecule has 2 aromatic heterocycles. The van der Waals surface area contributed by atoms with Crippen LogP contribution in [0.15, 0.2) is 76.7 Å². The first-order chi connectivity index (χ1) is 12.8. The lowest BCUT2D eigenvalue weighted by molar-refractivity contribution is 0.322. The summed E-state index contributed by atoms with van der Waals surface area (Å²) in [6.45, 7) is 0.0348. The Bertz CT molecular complexity index is 1090. The van der Waals surface area contributed by atoms with E-state index in [9.17, 15) is 9.90 Å². The Morgan fingerprint density at radius 3 is 2.42 bits per heavy atom. The normalized spacial score (nSPS) is 11.1. The first-order valence-electron chi connectivity index (χ1n) is 8.19. The molecular weight excluding hydrogens is 364 g/mol. The van der Waals surface area contributed by atoms with Gasteiger partial charge in [-0.05, 0) is 23.8 Å². The molecule has 0 unspecified atom stereocenters. The zero-order valence-corrected chi connectivity index (χ0v) is 15.5. The summed E-state index contributed by atoms with van der Waals surface area (Å²) in [7, 11) is 0. The maximum absolute atomic E-state index is 13.2. The van der Waals surface area contributed by atoms with Gasteiger partial charge >= 0.3 is 0 Å². The predicted molar refractivity (Wildman–Crippen MR) is 108 cm³/mol. The Kier molecular flexibility index (Phi) is 4.88. The van der Waals surface area contributed by atoms with E-state index in [4.69, 9.17) is 4.98 Å². The topological polar surface area (TPSA) is 55.1 Å². The molecule has 0 saturated heterocycles. The first-order valence-corrected chi connectivity index (χ1v) is 9.99. The van der Waals surface area contributed by atoms with Gasteiger partial charge in [-0.1, -0.05) is 60.3 Å². The van der Waals surface area contributed by atoms with Gasteiger partial charge in [-0.3, -0.25) is 9.36 Å². The van der Waals surface area contributed by atoms with Crippen molar-refractivity contribution >= 4 is 33.3 Å². The van der Waals surface area contributed by atoms with Gasteiger partial charge < -0.3 is 5.11 Å². The van der Waals surface area contributed by atoms with E-state index in [0.717, 1.165) is 21.0 Å². The number of aromatic nitrogens is 2. The minimum Gasteiger partial charge on any atom is -0.396 e. The van der Waals surface area contributed by atoms with Gasteiger partial charge in [0.15, 0.2) is 5.16 Å². The smallest absolute Gasteiger partial charge is 0.267 e. The number of aliphatic hydroxyl groups is 1. The van der Waals surface area contributed by atoms with Gasteiger partial charge in [-0.2, -0.15) is 0 Å². The quantitative estimate of drug-likeness (QED) is 0.416. The third-order valence-electron chi connectivity index (χ3n) is 3.93. The molecule has 6 heteroatoms. The van der Waals surface area contributed by atoms with Gasteiger partial charge in [-0.25, -0.2) is 4.98 Å². The van der Waals surface area contributed by atoms with E-state index >= 15 is 0 Å². The molecule has 2 heterocycles. The SMILES string of the molecule is O=c1c2cc(-c3ccccc3)sc2nc(SCCO)n1-c1ccccc1. The molecule has 4 aromatic rings. The summed E-state index contributed by atoms with van der Waals surface area (Å²) in [6, 6.07) is 21.4. The summed E-state index contributed by atoms with van der Waals surface area (Å²) < 4.78 is 1.63. The minimum absolute atomic E-state index is 0.0348. The molecule has 2 aromatic carbocycles. The van der Waals surface area contributed by atoms with Crippen LogP contribution in [0.1, 0.15) is 0 Å². The summed E-state index contributed by atoms with van der Waals surface area (Å²) in [5, 5.41) is 10.4. The van der Waals surface area contributed by atoms with Crippen molar-refractivity contribution in [3.63, 3.8) is 0 Å².